The molecule has 1 aromatic rings. The molecule has 94 valence electrons. The number of nitrogens with zero attached hydrogens (tertiary/aromatic N) is 1. The second-order valence-electron chi connectivity index (χ2n) is 4.97. The van der Waals surface area contributed by atoms with E-state index >= 15 is 0 Å². The quantitative estimate of drug-likeness (QED) is 0.782. The first-order valence-electron chi connectivity index (χ1n) is 5.96. The number of carbonyl (C=O) groups excluding carboxylic acids is 2. The van der Waals surface area contributed by atoms with E-state index in [4.69, 9.17) is 11.6 Å². The molecule has 1 saturated heterocycles. The molecule has 2 aliphatic heterocycles. The van der Waals surface area contributed by atoms with Gasteiger partial charge >= 0.3 is 0 Å². The monoisotopic (exact) mass is 264 g/mol. The molecular formula is C13H13ClN2O2. The molecule has 1 N–H and O–H groups in total. The van der Waals surface area contributed by atoms with Crippen LogP contribution in [0.15, 0.2) is 18.2 Å². The minimum absolute atomic E-state index is 0.0484. The highest BCUT2D eigenvalue weighted by Crippen LogP contribution is 2.38. The van der Waals surface area contributed by atoms with Gasteiger partial charge in [0, 0.05) is 11.4 Å². The smallest absolute Gasteiger partial charge is 0.255 e. The number of carbonyl (C=O) groups is 2. The van der Waals surface area contributed by atoms with Crippen LogP contribution >= 0.6 is 11.6 Å². The molecule has 2 amide bonds. The van der Waals surface area contributed by atoms with Gasteiger partial charge in [-0.05, 0) is 38.0 Å². The number of hydrogen-bond acceptors (Lipinski definition) is 2. The van der Waals surface area contributed by atoms with E-state index in [2.05, 4.69) is 5.32 Å². The Bertz CT molecular complexity index is 558. The van der Waals surface area contributed by atoms with Crippen molar-refractivity contribution in [2.24, 2.45) is 0 Å². The van der Waals surface area contributed by atoms with E-state index in [0.29, 0.717) is 22.7 Å². The molecule has 1 unspecified atom stereocenters. The average Bonchev–Trinajstić information content (AvgIpc) is 2.29. The highest BCUT2D eigenvalue weighted by molar-refractivity contribution is 6.31. The summed E-state index contributed by atoms with van der Waals surface area (Å²) in [6.07, 6.45) is 2.09. The van der Waals surface area contributed by atoms with E-state index < -0.39 is 5.66 Å². The number of fused-ring (bicyclic) bond motifs is 3. The zero-order valence-electron chi connectivity index (χ0n) is 10.00. The van der Waals surface area contributed by atoms with E-state index in [0.717, 1.165) is 12.8 Å². The number of nitrogens with one attached hydrogen (secondary N) is 1. The summed E-state index contributed by atoms with van der Waals surface area (Å²) in [7, 11) is 0. The molecule has 2 heterocycles. The van der Waals surface area contributed by atoms with Gasteiger partial charge in [-0.3, -0.25) is 14.5 Å². The van der Waals surface area contributed by atoms with E-state index in [1.54, 1.807) is 23.1 Å². The third-order valence-electron chi connectivity index (χ3n) is 3.62. The summed E-state index contributed by atoms with van der Waals surface area (Å²) < 4.78 is 0. The van der Waals surface area contributed by atoms with Crippen LogP contribution in [0.5, 0.6) is 0 Å². The Morgan fingerprint density at radius 1 is 1.39 bits per heavy atom. The van der Waals surface area contributed by atoms with Crippen molar-refractivity contribution in [3.8, 4) is 0 Å². The molecule has 3 rings (SSSR count). The number of halogens is 1. The molecule has 0 saturated carbocycles. The zero-order chi connectivity index (χ0) is 12.9. The first-order chi connectivity index (χ1) is 8.51. The fourth-order valence-corrected chi connectivity index (χ4v) is 2.97. The summed E-state index contributed by atoms with van der Waals surface area (Å²) in [5.74, 6) is -0.117. The lowest BCUT2D eigenvalue weighted by Crippen LogP contribution is -2.66. The molecule has 18 heavy (non-hydrogen) atoms. The minimum Gasteiger partial charge on any atom is -0.329 e. The maximum absolute atomic E-state index is 12.1. The van der Waals surface area contributed by atoms with Crippen molar-refractivity contribution in [3.63, 3.8) is 0 Å². The molecule has 0 radical (unpaired) electrons. The van der Waals surface area contributed by atoms with Gasteiger partial charge in [0.25, 0.3) is 5.91 Å². The molecule has 0 spiro atoms. The number of anilines is 1. The maximum atomic E-state index is 12.1. The maximum Gasteiger partial charge on any atom is 0.255 e. The van der Waals surface area contributed by atoms with Gasteiger partial charge in [-0.1, -0.05) is 11.6 Å². The van der Waals surface area contributed by atoms with Crippen LogP contribution < -0.4 is 10.2 Å². The molecule has 0 aromatic heterocycles. The Morgan fingerprint density at radius 3 is 2.94 bits per heavy atom. The Kier molecular flexibility index (Phi) is 2.38. The van der Waals surface area contributed by atoms with Gasteiger partial charge < -0.3 is 5.32 Å². The van der Waals surface area contributed by atoms with Crippen LogP contribution in [0.4, 0.5) is 5.69 Å². The molecule has 5 heteroatoms. The van der Waals surface area contributed by atoms with Crippen molar-refractivity contribution in [2.75, 3.05) is 4.90 Å². The van der Waals surface area contributed by atoms with Crippen molar-refractivity contribution >= 4 is 29.1 Å². The molecule has 2 aliphatic rings. The van der Waals surface area contributed by atoms with Gasteiger partial charge in [0.15, 0.2) is 0 Å². The topological polar surface area (TPSA) is 49.4 Å². The van der Waals surface area contributed by atoms with Crippen LogP contribution in [-0.2, 0) is 4.79 Å². The minimum atomic E-state index is -0.604. The van der Waals surface area contributed by atoms with Crippen LogP contribution in [-0.4, -0.2) is 17.5 Å². The summed E-state index contributed by atoms with van der Waals surface area (Å²) in [5.41, 5.74) is 0.526. The lowest BCUT2D eigenvalue weighted by Gasteiger charge is -2.48. The van der Waals surface area contributed by atoms with Crippen LogP contribution in [0.1, 0.15) is 36.5 Å². The van der Waals surface area contributed by atoms with Crippen molar-refractivity contribution < 1.29 is 9.59 Å². The fourth-order valence-electron chi connectivity index (χ4n) is 2.80. The molecule has 0 bridgehead atoms. The normalized spacial score (nSPS) is 26.4. The Balaban J connectivity index is 2.19. The Morgan fingerprint density at radius 2 is 2.17 bits per heavy atom. The second-order valence-corrected chi connectivity index (χ2v) is 5.41. The van der Waals surface area contributed by atoms with Gasteiger partial charge in [-0.15, -0.1) is 0 Å². The predicted molar refractivity (Wildman–Crippen MR) is 68.7 cm³/mol. The second kappa shape index (κ2) is 3.72. The summed E-state index contributed by atoms with van der Waals surface area (Å²) in [6, 6.07) is 5.06. The van der Waals surface area contributed by atoms with Gasteiger partial charge in [0.1, 0.15) is 5.66 Å². The number of rotatable bonds is 0. The summed E-state index contributed by atoms with van der Waals surface area (Å²) in [5, 5.41) is 3.41. The SMILES string of the molecule is CC12CCCC(=O)N1c1ccc(Cl)cc1C(=O)N2. The van der Waals surface area contributed by atoms with E-state index in [-0.39, 0.29) is 11.8 Å². The van der Waals surface area contributed by atoms with Crippen molar-refractivity contribution in [1.82, 2.24) is 5.32 Å². The number of piperidine rings is 1. The van der Waals surface area contributed by atoms with E-state index in [1.807, 2.05) is 6.92 Å². The van der Waals surface area contributed by atoms with E-state index in [1.165, 1.54) is 0 Å². The summed E-state index contributed by atoms with van der Waals surface area (Å²) in [4.78, 5) is 25.9. The van der Waals surface area contributed by atoms with Crippen LogP contribution in [0.25, 0.3) is 0 Å². The van der Waals surface area contributed by atoms with Crippen molar-refractivity contribution in [3.05, 3.63) is 28.8 Å². The van der Waals surface area contributed by atoms with Gasteiger partial charge in [-0.25, -0.2) is 0 Å². The first kappa shape index (κ1) is 11.5. The lowest BCUT2D eigenvalue weighted by molar-refractivity contribution is -0.121. The van der Waals surface area contributed by atoms with Crippen LogP contribution in [0, 0.1) is 0 Å². The van der Waals surface area contributed by atoms with Gasteiger partial charge in [0.2, 0.25) is 5.91 Å². The van der Waals surface area contributed by atoms with Crippen LogP contribution in [0.3, 0.4) is 0 Å². The average molecular weight is 265 g/mol. The van der Waals surface area contributed by atoms with Crippen molar-refractivity contribution in [2.45, 2.75) is 31.8 Å². The number of amides is 2. The fraction of sp³-hybridized carbons (Fsp3) is 0.385. The number of hydrogen-bond donors (Lipinski definition) is 1. The molecule has 0 aliphatic carbocycles. The highest BCUT2D eigenvalue weighted by Gasteiger charge is 2.45. The highest BCUT2D eigenvalue weighted by atomic mass is 35.5. The molecule has 4 nitrogen and oxygen atoms in total. The molecule has 1 aromatic carbocycles. The van der Waals surface area contributed by atoms with Gasteiger partial charge in [-0.2, -0.15) is 0 Å². The van der Waals surface area contributed by atoms with Gasteiger partial charge in [0.05, 0.1) is 11.3 Å². The zero-order valence-corrected chi connectivity index (χ0v) is 10.8. The molecular weight excluding hydrogens is 252 g/mol. The molecule has 1 fully saturated rings. The Hall–Kier alpha value is -1.55. The first-order valence-corrected chi connectivity index (χ1v) is 6.34. The predicted octanol–water partition coefficient (Wildman–Crippen LogP) is 2.32. The van der Waals surface area contributed by atoms with E-state index in [9.17, 15) is 9.59 Å². The van der Waals surface area contributed by atoms with Crippen LogP contribution in [0.2, 0.25) is 5.02 Å². The Labute approximate surface area is 110 Å². The standard InChI is InChI=1S/C13H13ClN2O2/c1-13-6-2-3-11(17)16(13)10-5-4-8(14)7-9(10)12(18)15-13/h4-5,7H,2-3,6H2,1H3,(H,15,18). The summed E-state index contributed by atoms with van der Waals surface area (Å²) in [6.45, 7) is 1.89. The lowest BCUT2D eigenvalue weighted by atomic mass is 9.91. The third kappa shape index (κ3) is 1.52. The largest absolute Gasteiger partial charge is 0.329 e. The summed E-state index contributed by atoms with van der Waals surface area (Å²) >= 11 is 5.90. The number of benzene rings is 1. The molecule has 1 atom stereocenters. The third-order valence-corrected chi connectivity index (χ3v) is 3.86. The van der Waals surface area contributed by atoms with Crippen molar-refractivity contribution in [1.29, 1.82) is 0 Å².